The van der Waals surface area contributed by atoms with E-state index in [0.29, 0.717) is 11.5 Å². The summed E-state index contributed by atoms with van der Waals surface area (Å²) in [5.74, 6) is 1.64. The molecule has 1 aromatic rings. The Morgan fingerprint density at radius 1 is 1.29 bits per heavy atom. The van der Waals surface area contributed by atoms with Crippen LogP contribution in [0.15, 0.2) is 6.07 Å². The monoisotopic (exact) mass is 327 g/mol. The third-order valence-corrected chi connectivity index (χ3v) is 6.71. The van der Waals surface area contributed by atoms with Gasteiger partial charge in [0.2, 0.25) is 0 Å². The van der Waals surface area contributed by atoms with Crippen molar-refractivity contribution in [1.29, 1.82) is 0 Å². The first-order valence-corrected chi connectivity index (χ1v) is 9.51. The van der Waals surface area contributed by atoms with Crippen LogP contribution in [0, 0.1) is 24.2 Å². The Morgan fingerprint density at radius 2 is 1.90 bits per heavy atom. The van der Waals surface area contributed by atoms with Crippen molar-refractivity contribution >= 4 is 22.9 Å². The Balaban J connectivity index is 2.07. The van der Waals surface area contributed by atoms with Crippen LogP contribution in [0.3, 0.4) is 0 Å². The molecule has 3 heteroatoms. The van der Waals surface area contributed by atoms with Crippen LogP contribution >= 0.6 is 22.9 Å². The summed E-state index contributed by atoms with van der Waals surface area (Å²) in [5.41, 5.74) is 1.68. The molecule has 2 rings (SSSR count). The maximum atomic E-state index is 6.29. The molecule has 1 unspecified atom stereocenters. The molecule has 1 aliphatic carbocycles. The molecule has 1 N–H and O–H groups in total. The van der Waals surface area contributed by atoms with Crippen molar-refractivity contribution in [3.05, 3.63) is 20.8 Å². The zero-order valence-electron chi connectivity index (χ0n) is 14.1. The maximum Gasteiger partial charge on any atom is 0.0960 e. The van der Waals surface area contributed by atoms with E-state index >= 15 is 0 Å². The van der Waals surface area contributed by atoms with Crippen LogP contribution in [0.4, 0.5) is 0 Å². The first-order valence-electron chi connectivity index (χ1n) is 8.32. The molecule has 1 atom stereocenters. The Kier molecular flexibility index (Phi) is 5.78. The number of thiophene rings is 1. The topological polar surface area (TPSA) is 12.0 Å². The molecule has 1 aromatic heterocycles. The molecule has 1 saturated carbocycles. The van der Waals surface area contributed by atoms with Gasteiger partial charge in [-0.25, -0.2) is 0 Å². The van der Waals surface area contributed by atoms with Gasteiger partial charge in [-0.3, -0.25) is 0 Å². The minimum Gasteiger partial charge on any atom is -0.309 e. The molecule has 120 valence electrons. The van der Waals surface area contributed by atoms with Crippen molar-refractivity contribution in [2.75, 3.05) is 6.54 Å². The summed E-state index contributed by atoms with van der Waals surface area (Å²) < 4.78 is 0.955. The molecular formula is C18H30ClNS. The molecule has 21 heavy (non-hydrogen) atoms. The molecule has 0 saturated heterocycles. The molecule has 1 aliphatic rings. The van der Waals surface area contributed by atoms with Gasteiger partial charge >= 0.3 is 0 Å². The second kappa shape index (κ2) is 7.02. The molecule has 0 spiro atoms. The van der Waals surface area contributed by atoms with Gasteiger partial charge in [-0.05, 0) is 68.0 Å². The van der Waals surface area contributed by atoms with Gasteiger partial charge in [-0.1, -0.05) is 39.3 Å². The predicted octanol–water partition coefficient (Wildman–Crippen LogP) is 6.21. The summed E-state index contributed by atoms with van der Waals surface area (Å²) in [4.78, 5) is 1.43. The second-order valence-corrected chi connectivity index (χ2v) is 9.30. The van der Waals surface area contributed by atoms with Crippen LogP contribution in [0.1, 0.15) is 69.9 Å². The van der Waals surface area contributed by atoms with Crippen LogP contribution in [0.25, 0.3) is 0 Å². The van der Waals surface area contributed by atoms with Gasteiger partial charge in [-0.2, -0.15) is 0 Å². The molecule has 1 nitrogen and oxygen atoms in total. The zero-order chi connectivity index (χ0) is 15.6. The van der Waals surface area contributed by atoms with E-state index in [4.69, 9.17) is 11.6 Å². The fourth-order valence-electron chi connectivity index (χ4n) is 3.67. The van der Waals surface area contributed by atoms with Crippen LogP contribution in [0.2, 0.25) is 4.34 Å². The van der Waals surface area contributed by atoms with E-state index in [2.05, 4.69) is 46.0 Å². The van der Waals surface area contributed by atoms with Crippen molar-refractivity contribution in [2.45, 2.75) is 66.3 Å². The Morgan fingerprint density at radius 3 is 2.33 bits per heavy atom. The fraction of sp³-hybridized carbons (Fsp3) is 0.778. The zero-order valence-corrected chi connectivity index (χ0v) is 15.7. The fourth-order valence-corrected chi connectivity index (χ4v) is 5.06. The summed E-state index contributed by atoms with van der Waals surface area (Å²) >= 11 is 8.05. The number of aryl methyl sites for hydroxylation is 1. The van der Waals surface area contributed by atoms with Gasteiger partial charge in [0.25, 0.3) is 0 Å². The van der Waals surface area contributed by atoms with E-state index in [1.807, 2.05) is 0 Å². The summed E-state index contributed by atoms with van der Waals surface area (Å²) in [7, 11) is 0. The van der Waals surface area contributed by atoms with E-state index in [0.717, 1.165) is 22.7 Å². The number of hydrogen-bond acceptors (Lipinski definition) is 2. The quantitative estimate of drug-likeness (QED) is 0.692. The van der Waals surface area contributed by atoms with Gasteiger partial charge in [0.05, 0.1) is 4.34 Å². The normalized spacial score (nSPS) is 25.0. The average molecular weight is 328 g/mol. The van der Waals surface area contributed by atoms with Crippen LogP contribution < -0.4 is 5.32 Å². The highest BCUT2D eigenvalue weighted by atomic mass is 35.5. The van der Waals surface area contributed by atoms with Gasteiger partial charge in [-0.15, -0.1) is 11.3 Å². The molecule has 0 aromatic carbocycles. The van der Waals surface area contributed by atoms with Crippen LogP contribution in [-0.2, 0) is 0 Å². The standard InChI is InChI=1S/C18H30ClNS/c1-6-20-16(15-11-12(2)17(19)21-15)13-7-9-14(10-8-13)18(3,4)5/h11,13-14,16,20H,6-10H2,1-5H3. The minimum atomic E-state index is 0.460. The summed E-state index contributed by atoms with van der Waals surface area (Å²) in [6, 6.07) is 2.78. The van der Waals surface area contributed by atoms with Crippen LogP contribution in [0.5, 0.6) is 0 Å². The van der Waals surface area contributed by atoms with Crippen molar-refractivity contribution in [3.63, 3.8) is 0 Å². The van der Waals surface area contributed by atoms with Crippen molar-refractivity contribution in [1.82, 2.24) is 5.32 Å². The lowest BCUT2D eigenvalue weighted by Crippen LogP contribution is -2.33. The largest absolute Gasteiger partial charge is 0.309 e. The highest BCUT2D eigenvalue weighted by molar-refractivity contribution is 7.16. The minimum absolute atomic E-state index is 0.460. The average Bonchev–Trinajstić information content (AvgIpc) is 2.75. The van der Waals surface area contributed by atoms with Gasteiger partial charge in [0, 0.05) is 10.9 Å². The van der Waals surface area contributed by atoms with Crippen molar-refractivity contribution in [2.24, 2.45) is 17.3 Å². The number of hydrogen-bond donors (Lipinski definition) is 1. The first-order chi connectivity index (χ1) is 9.82. The van der Waals surface area contributed by atoms with Gasteiger partial charge in [0.15, 0.2) is 0 Å². The summed E-state index contributed by atoms with van der Waals surface area (Å²) in [6.07, 6.45) is 5.42. The molecular weight excluding hydrogens is 298 g/mol. The van der Waals surface area contributed by atoms with Crippen LogP contribution in [-0.4, -0.2) is 6.54 Å². The van der Waals surface area contributed by atoms with Crippen molar-refractivity contribution < 1.29 is 0 Å². The lowest BCUT2D eigenvalue weighted by Gasteiger charge is -2.39. The highest BCUT2D eigenvalue weighted by Crippen LogP contribution is 2.45. The molecule has 0 radical (unpaired) electrons. The van der Waals surface area contributed by atoms with E-state index < -0.39 is 0 Å². The molecule has 0 amide bonds. The lowest BCUT2D eigenvalue weighted by molar-refractivity contribution is 0.133. The molecule has 0 bridgehead atoms. The third-order valence-electron chi connectivity index (χ3n) is 5.07. The van der Waals surface area contributed by atoms with Gasteiger partial charge in [0.1, 0.15) is 0 Å². The maximum absolute atomic E-state index is 6.29. The van der Waals surface area contributed by atoms with E-state index in [-0.39, 0.29) is 0 Å². The van der Waals surface area contributed by atoms with Crippen molar-refractivity contribution in [3.8, 4) is 0 Å². The number of rotatable bonds is 4. The molecule has 1 heterocycles. The van der Waals surface area contributed by atoms with E-state index in [9.17, 15) is 0 Å². The summed E-state index contributed by atoms with van der Waals surface area (Å²) in [5, 5.41) is 3.71. The third kappa shape index (κ3) is 4.24. The number of halogens is 1. The Hall–Kier alpha value is -0.0500. The summed E-state index contributed by atoms with van der Waals surface area (Å²) in [6.45, 7) is 12.5. The Labute approximate surface area is 139 Å². The predicted molar refractivity (Wildman–Crippen MR) is 95.4 cm³/mol. The van der Waals surface area contributed by atoms with E-state index in [1.54, 1.807) is 11.3 Å². The SMILES string of the molecule is CCNC(c1cc(C)c(Cl)s1)C1CCC(C(C)(C)C)CC1. The smallest absolute Gasteiger partial charge is 0.0960 e. The van der Waals surface area contributed by atoms with E-state index in [1.165, 1.54) is 36.1 Å². The number of nitrogens with one attached hydrogen (secondary N) is 1. The first kappa shape index (κ1) is 17.3. The molecule has 0 aliphatic heterocycles. The Bertz CT molecular complexity index is 433. The molecule has 1 fully saturated rings. The van der Waals surface area contributed by atoms with Gasteiger partial charge < -0.3 is 5.32 Å². The second-order valence-electron chi connectivity index (χ2n) is 7.62. The lowest BCUT2D eigenvalue weighted by atomic mass is 9.68. The highest BCUT2D eigenvalue weighted by Gasteiger charge is 2.33.